The second kappa shape index (κ2) is 6.70. The Balaban J connectivity index is 1.98. The highest BCUT2D eigenvalue weighted by molar-refractivity contribution is 5.95. The zero-order valence-electron chi connectivity index (χ0n) is 14.8. The van der Waals surface area contributed by atoms with Crippen molar-refractivity contribution in [1.82, 2.24) is 9.13 Å². The van der Waals surface area contributed by atoms with E-state index in [9.17, 15) is 14.4 Å². The van der Waals surface area contributed by atoms with Crippen molar-refractivity contribution in [3.8, 4) is 0 Å². The monoisotopic (exact) mass is 341 g/mol. The number of benzene rings is 1. The first-order valence-corrected chi connectivity index (χ1v) is 8.56. The SMILES string of the molecule is CC(C)C1CCc2ccccc2N1C(=O)Cn1ccc(=O)n(C)c1=O. The summed E-state index contributed by atoms with van der Waals surface area (Å²) in [5, 5.41) is 0. The lowest BCUT2D eigenvalue weighted by Gasteiger charge is -2.39. The zero-order chi connectivity index (χ0) is 18.1. The molecule has 0 fully saturated rings. The summed E-state index contributed by atoms with van der Waals surface area (Å²) in [4.78, 5) is 38.7. The molecule has 1 aliphatic rings. The summed E-state index contributed by atoms with van der Waals surface area (Å²) in [6, 6.07) is 9.33. The lowest BCUT2D eigenvalue weighted by atomic mass is 9.89. The van der Waals surface area contributed by atoms with Gasteiger partial charge in [0.1, 0.15) is 6.54 Å². The first kappa shape index (κ1) is 17.2. The number of carbonyl (C=O) groups is 1. The molecular weight excluding hydrogens is 318 g/mol. The molecule has 1 amide bonds. The van der Waals surface area contributed by atoms with Gasteiger partial charge in [-0.15, -0.1) is 0 Å². The van der Waals surface area contributed by atoms with Gasteiger partial charge in [0, 0.05) is 31.0 Å². The maximum absolute atomic E-state index is 13.1. The van der Waals surface area contributed by atoms with Crippen molar-refractivity contribution in [2.45, 2.75) is 39.3 Å². The van der Waals surface area contributed by atoms with Crippen molar-refractivity contribution in [2.75, 3.05) is 4.90 Å². The molecule has 6 heteroatoms. The molecule has 132 valence electrons. The van der Waals surface area contributed by atoms with Gasteiger partial charge in [0.25, 0.3) is 5.56 Å². The van der Waals surface area contributed by atoms with Gasteiger partial charge >= 0.3 is 5.69 Å². The Morgan fingerprint density at radius 2 is 1.92 bits per heavy atom. The van der Waals surface area contributed by atoms with Crippen LogP contribution in [-0.2, 0) is 24.8 Å². The Bertz CT molecular complexity index is 911. The van der Waals surface area contributed by atoms with Crippen LogP contribution in [0.15, 0.2) is 46.1 Å². The highest BCUT2D eigenvalue weighted by Gasteiger charge is 2.32. The number of carbonyl (C=O) groups excluding carboxylic acids is 1. The third kappa shape index (κ3) is 3.16. The van der Waals surface area contributed by atoms with E-state index in [1.807, 2.05) is 29.2 Å². The van der Waals surface area contributed by atoms with Gasteiger partial charge in [0.05, 0.1) is 0 Å². The normalized spacial score (nSPS) is 16.8. The lowest BCUT2D eigenvalue weighted by molar-refractivity contribution is -0.120. The van der Waals surface area contributed by atoms with Gasteiger partial charge in [-0.3, -0.25) is 18.7 Å². The fourth-order valence-corrected chi connectivity index (χ4v) is 3.48. The molecule has 2 heterocycles. The first-order valence-electron chi connectivity index (χ1n) is 8.56. The third-order valence-electron chi connectivity index (χ3n) is 4.90. The van der Waals surface area contributed by atoms with Gasteiger partial charge in [0.15, 0.2) is 0 Å². The minimum absolute atomic E-state index is 0.0789. The Labute approximate surface area is 146 Å². The number of nitrogens with zero attached hydrogens (tertiary/aromatic N) is 3. The highest BCUT2D eigenvalue weighted by atomic mass is 16.2. The molecule has 25 heavy (non-hydrogen) atoms. The van der Waals surface area contributed by atoms with Crippen LogP contribution < -0.4 is 16.1 Å². The van der Waals surface area contributed by atoms with Crippen molar-refractivity contribution in [3.63, 3.8) is 0 Å². The second-order valence-corrected chi connectivity index (χ2v) is 6.87. The summed E-state index contributed by atoms with van der Waals surface area (Å²) in [5.74, 6) is 0.181. The first-order chi connectivity index (χ1) is 11.9. The quantitative estimate of drug-likeness (QED) is 0.851. The Hall–Kier alpha value is -2.63. The van der Waals surface area contributed by atoms with E-state index in [0.29, 0.717) is 5.92 Å². The summed E-state index contributed by atoms with van der Waals surface area (Å²) < 4.78 is 2.30. The molecule has 0 saturated heterocycles. The lowest BCUT2D eigenvalue weighted by Crippen LogP contribution is -2.49. The van der Waals surface area contributed by atoms with Crippen LogP contribution in [0.4, 0.5) is 5.69 Å². The molecule has 0 radical (unpaired) electrons. The van der Waals surface area contributed by atoms with E-state index in [4.69, 9.17) is 0 Å². The molecule has 1 atom stereocenters. The van der Waals surface area contributed by atoms with Gasteiger partial charge in [-0.1, -0.05) is 32.0 Å². The number of rotatable bonds is 3. The number of para-hydroxylation sites is 1. The van der Waals surface area contributed by atoms with Crippen molar-refractivity contribution in [1.29, 1.82) is 0 Å². The van der Waals surface area contributed by atoms with Crippen LogP contribution in [0.5, 0.6) is 0 Å². The van der Waals surface area contributed by atoms with Crippen molar-refractivity contribution in [3.05, 3.63) is 62.9 Å². The fraction of sp³-hybridized carbons (Fsp3) is 0.421. The van der Waals surface area contributed by atoms with Crippen LogP contribution in [0.3, 0.4) is 0 Å². The Morgan fingerprint density at radius 3 is 2.64 bits per heavy atom. The van der Waals surface area contributed by atoms with Crippen LogP contribution in [0.2, 0.25) is 0 Å². The number of fused-ring (bicyclic) bond motifs is 1. The molecule has 1 aliphatic heterocycles. The summed E-state index contributed by atoms with van der Waals surface area (Å²) >= 11 is 0. The molecule has 0 N–H and O–H groups in total. The van der Waals surface area contributed by atoms with E-state index in [2.05, 4.69) is 13.8 Å². The predicted octanol–water partition coefficient (Wildman–Crippen LogP) is 1.55. The van der Waals surface area contributed by atoms with Crippen LogP contribution in [-0.4, -0.2) is 21.1 Å². The Kier molecular flexibility index (Phi) is 4.61. The number of aryl methyl sites for hydroxylation is 1. The van der Waals surface area contributed by atoms with Gasteiger partial charge in [0.2, 0.25) is 5.91 Å². The molecule has 1 aromatic carbocycles. The third-order valence-corrected chi connectivity index (χ3v) is 4.90. The number of hydrogen-bond acceptors (Lipinski definition) is 3. The number of anilines is 1. The van der Waals surface area contributed by atoms with Gasteiger partial charge in [-0.05, 0) is 30.4 Å². The van der Waals surface area contributed by atoms with Crippen LogP contribution in [0.25, 0.3) is 0 Å². The van der Waals surface area contributed by atoms with E-state index >= 15 is 0 Å². The average molecular weight is 341 g/mol. The van der Waals surface area contributed by atoms with E-state index in [0.717, 1.165) is 28.7 Å². The summed E-state index contributed by atoms with van der Waals surface area (Å²) in [6.07, 6.45) is 3.24. The molecule has 0 saturated carbocycles. The number of aromatic nitrogens is 2. The van der Waals surface area contributed by atoms with Gasteiger partial charge in [-0.2, -0.15) is 0 Å². The average Bonchev–Trinajstić information content (AvgIpc) is 2.61. The molecule has 0 bridgehead atoms. The van der Waals surface area contributed by atoms with E-state index in [-0.39, 0.29) is 24.1 Å². The highest BCUT2D eigenvalue weighted by Crippen LogP contribution is 2.33. The summed E-state index contributed by atoms with van der Waals surface area (Å²) in [6.45, 7) is 4.14. The van der Waals surface area contributed by atoms with E-state index < -0.39 is 5.69 Å². The van der Waals surface area contributed by atoms with Crippen molar-refractivity contribution in [2.24, 2.45) is 13.0 Å². The minimum atomic E-state index is -0.479. The largest absolute Gasteiger partial charge is 0.331 e. The Morgan fingerprint density at radius 1 is 1.20 bits per heavy atom. The fourth-order valence-electron chi connectivity index (χ4n) is 3.48. The molecule has 0 spiro atoms. The maximum Gasteiger partial charge on any atom is 0.331 e. The molecular formula is C19H23N3O3. The van der Waals surface area contributed by atoms with E-state index in [1.54, 1.807) is 0 Å². The zero-order valence-corrected chi connectivity index (χ0v) is 14.8. The molecule has 1 aromatic heterocycles. The van der Waals surface area contributed by atoms with Crippen LogP contribution in [0, 0.1) is 5.92 Å². The summed E-state index contributed by atoms with van der Waals surface area (Å²) in [7, 11) is 1.42. The van der Waals surface area contributed by atoms with Crippen molar-refractivity contribution >= 4 is 11.6 Å². The number of amides is 1. The van der Waals surface area contributed by atoms with Crippen molar-refractivity contribution < 1.29 is 4.79 Å². The minimum Gasteiger partial charge on any atom is -0.307 e. The molecule has 1 unspecified atom stereocenters. The molecule has 0 aliphatic carbocycles. The van der Waals surface area contributed by atoms with Crippen LogP contribution in [0.1, 0.15) is 25.8 Å². The second-order valence-electron chi connectivity index (χ2n) is 6.87. The maximum atomic E-state index is 13.1. The molecule has 6 nitrogen and oxygen atoms in total. The summed E-state index contributed by atoms with van der Waals surface area (Å²) in [5.41, 5.74) is 1.22. The number of hydrogen-bond donors (Lipinski definition) is 0. The van der Waals surface area contributed by atoms with E-state index in [1.165, 1.54) is 23.9 Å². The molecule has 3 rings (SSSR count). The molecule has 2 aromatic rings. The smallest absolute Gasteiger partial charge is 0.307 e. The standard InChI is InChI=1S/C19H23N3O3/c1-13(2)15-9-8-14-6-4-5-7-16(14)22(15)18(24)12-21-11-10-17(23)20(3)19(21)25/h4-7,10-11,13,15H,8-9,12H2,1-3H3. The van der Waals surface area contributed by atoms with Gasteiger partial charge < -0.3 is 4.90 Å². The van der Waals surface area contributed by atoms with Gasteiger partial charge in [-0.25, -0.2) is 4.79 Å². The van der Waals surface area contributed by atoms with Crippen LogP contribution >= 0.6 is 0 Å². The topological polar surface area (TPSA) is 64.3 Å². The predicted molar refractivity (Wildman–Crippen MR) is 96.8 cm³/mol.